The van der Waals surface area contributed by atoms with Gasteiger partial charge in [0.25, 0.3) is 0 Å². The molecule has 0 aliphatic carbocycles. The zero-order valence-electron chi connectivity index (χ0n) is 9.97. The molecule has 0 aromatic heterocycles. The van der Waals surface area contributed by atoms with E-state index in [2.05, 4.69) is 49.8 Å². The molecule has 1 unspecified atom stereocenters. The van der Waals surface area contributed by atoms with Crippen LogP contribution < -0.4 is 5.32 Å². The Morgan fingerprint density at radius 1 is 1.36 bits per heavy atom. The third-order valence-electron chi connectivity index (χ3n) is 3.34. The minimum atomic E-state index is 0.372. The van der Waals surface area contributed by atoms with Gasteiger partial charge in [-0.2, -0.15) is 11.8 Å². The van der Waals surface area contributed by atoms with E-state index in [4.69, 9.17) is 0 Å². The van der Waals surface area contributed by atoms with Crippen molar-refractivity contribution >= 4 is 11.8 Å². The van der Waals surface area contributed by atoms with Gasteiger partial charge in [-0.05, 0) is 19.4 Å². The van der Waals surface area contributed by atoms with Crippen molar-refractivity contribution < 1.29 is 0 Å². The number of nitrogens with zero attached hydrogens (tertiary/aromatic N) is 1. The van der Waals surface area contributed by atoms with Crippen molar-refractivity contribution in [3.63, 3.8) is 0 Å². The van der Waals surface area contributed by atoms with E-state index in [1.807, 2.05) is 0 Å². The number of rotatable bonds is 4. The summed E-state index contributed by atoms with van der Waals surface area (Å²) in [4.78, 5) is 2.60. The Morgan fingerprint density at radius 2 is 1.93 bits per heavy atom. The Balaban J connectivity index is 2.40. The van der Waals surface area contributed by atoms with Gasteiger partial charge in [-0.1, -0.05) is 13.8 Å². The lowest BCUT2D eigenvalue weighted by Crippen LogP contribution is -2.47. The van der Waals surface area contributed by atoms with E-state index in [1.165, 1.54) is 31.1 Å². The van der Waals surface area contributed by atoms with Gasteiger partial charge in [0.1, 0.15) is 0 Å². The predicted molar refractivity (Wildman–Crippen MR) is 66.1 cm³/mol. The van der Waals surface area contributed by atoms with Crippen molar-refractivity contribution in [2.45, 2.75) is 26.8 Å². The van der Waals surface area contributed by atoms with Gasteiger partial charge in [0.15, 0.2) is 0 Å². The first-order valence-electron chi connectivity index (χ1n) is 5.53. The van der Waals surface area contributed by atoms with Crippen LogP contribution in [0.5, 0.6) is 0 Å². The van der Waals surface area contributed by atoms with E-state index >= 15 is 0 Å². The molecular weight excluding hydrogens is 192 g/mol. The summed E-state index contributed by atoms with van der Waals surface area (Å²) in [5.41, 5.74) is 0.372. The van der Waals surface area contributed by atoms with Crippen molar-refractivity contribution in [3.05, 3.63) is 0 Å². The smallest absolute Gasteiger partial charge is 0.00991 e. The highest BCUT2D eigenvalue weighted by molar-refractivity contribution is 7.99. The van der Waals surface area contributed by atoms with Crippen LogP contribution in [0, 0.1) is 5.41 Å². The molecule has 1 aliphatic heterocycles. The summed E-state index contributed by atoms with van der Waals surface area (Å²) in [6.07, 6.45) is 0. The molecule has 1 atom stereocenters. The molecule has 0 bridgehead atoms. The Labute approximate surface area is 92.8 Å². The molecular formula is C11H24N2S. The normalized spacial score (nSPS) is 22.3. The van der Waals surface area contributed by atoms with E-state index in [-0.39, 0.29) is 0 Å². The fourth-order valence-corrected chi connectivity index (χ4v) is 2.84. The molecule has 3 heteroatoms. The summed E-state index contributed by atoms with van der Waals surface area (Å²) >= 11 is 2.08. The maximum Gasteiger partial charge on any atom is 0.00991 e. The van der Waals surface area contributed by atoms with Crippen molar-refractivity contribution in [2.75, 3.05) is 38.2 Å². The van der Waals surface area contributed by atoms with E-state index in [1.54, 1.807) is 0 Å². The van der Waals surface area contributed by atoms with Crippen LogP contribution in [0.3, 0.4) is 0 Å². The summed E-state index contributed by atoms with van der Waals surface area (Å²) in [7, 11) is 2.05. The molecule has 0 aromatic rings. The van der Waals surface area contributed by atoms with Gasteiger partial charge in [-0.3, -0.25) is 0 Å². The van der Waals surface area contributed by atoms with Gasteiger partial charge in [0.05, 0.1) is 0 Å². The quantitative estimate of drug-likeness (QED) is 0.769. The Kier molecular flexibility index (Phi) is 4.74. The van der Waals surface area contributed by atoms with Gasteiger partial charge in [-0.15, -0.1) is 0 Å². The molecule has 14 heavy (non-hydrogen) atoms. The van der Waals surface area contributed by atoms with Gasteiger partial charge < -0.3 is 10.2 Å². The summed E-state index contributed by atoms with van der Waals surface area (Å²) in [6, 6.07) is 0.581. The molecule has 0 spiro atoms. The van der Waals surface area contributed by atoms with Crippen molar-refractivity contribution in [3.8, 4) is 0 Å². The van der Waals surface area contributed by atoms with Crippen molar-refractivity contribution in [2.24, 2.45) is 5.41 Å². The third-order valence-corrected chi connectivity index (χ3v) is 4.28. The average molecular weight is 216 g/mol. The minimum Gasteiger partial charge on any atom is -0.317 e. The Hall–Kier alpha value is 0.270. The summed E-state index contributed by atoms with van der Waals surface area (Å²) in [6.45, 7) is 10.7. The molecule has 0 aromatic carbocycles. The number of nitrogens with one attached hydrogen (secondary N) is 1. The first-order valence-corrected chi connectivity index (χ1v) is 6.69. The summed E-state index contributed by atoms with van der Waals surface area (Å²) in [5.74, 6) is 2.62. The van der Waals surface area contributed by atoms with Crippen LogP contribution in [0.15, 0.2) is 0 Å². The molecule has 1 heterocycles. The first-order chi connectivity index (χ1) is 6.56. The molecule has 0 radical (unpaired) electrons. The molecule has 1 N–H and O–H groups in total. The zero-order chi connectivity index (χ0) is 10.6. The summed E-state index contributed by atoms with van der Waals surface area (Å²) in [5, 5.41) is 3.36. The Bertz CT molecular complexity index is 165. The van der Waals surface area contributed by atoms with Gasteiger partial charge in [0, 0.05) is 37.2 Å². The second kappa shape index (κ2) is 5.38. The van der Waals surface area contributed by atoms with Crippen molar-refractivity contribution in [1.29, 1.82) is 0 Å². The number of hydrogen-bond acceptors (Lipinski definition) is 3. The van der Waals surface area contributed by atoms with Crippen LogP contribution in [0.1, 0.15) is 20.8 Å². The molecule has 1 aliphatic rings. The lowest BCUT2D eigenvalue weighted by molar-refractivity contribution is 0.156. The van der Waals surface area contributed by atoms with Crippen LogP contribution >= 0.6 is 11.8 Å². The molecule has 1 rings (SSSR count). The highest BCUT2D eigenvalue weighted by atomic mass is 32.2. The highest BCUT2D eigenvalue weighted by Crippen LogP contribution is 2.23. The fourth-order valence-electron chi connectivity index (χ4n) is 1.86. The monoisotopic (exact) mass is 216 g/mol. The average Bonchev–Trinajstić information content (AvgIpc) is 2.17. The van der Waals surface area contributed by atoms with E-state index in [9.17, 15) is 0 Å². The Morgan fingerprint density at radius 3 is 2.43 bits per heavy atom. The molecule has 1 saturated heterocycles. The second-order valence-electron chi connectivity index (χ2n) is 4.89. The zero-order valence-corrected chi connectivity index (χ0v) is 10.8. The number of hydrogen-bond donors (Lipinski definition) is 1. The second-order valence-corrected chi connectivity index (χ2v) is 6.11. The SMILES string of the molecule is CNC(C)C(C)(C)CN1CCSCC1. The van der Waals surface area contributed by atoms with Gasteiger partial charge >= 0.3 is 0 Å². The minimum absolute atomic E-state index is 0.372. The van der Waals surface area contributed by atoms with Crippen LogP contribution in [0.2, 0.25) is 0 Å². The standard InChI is InChI=1S/C11H24N2S/c1-10(12-4)11(2,3)9-13-5-7-14-8-6-13/h10,12H,5-9H2,1-4H3. The van der Waals surface area contributed by atoms with Crippen LogP contribution in [-0.4, -0.2) is 49.1 Å². The largest absolute Gasteiger partial charge is 0.317 e. The highest BCUT2D eigenvalue weighted by Gasteiger charge is 2.27. The molecule has 1 fully saturated rings. The maximum absolute atomic E-state index is 3.36. The molecule has 84 valence electrons. The van der Waals surface area contributed by atoms with Gasteiger partial charge in [0.2, 0.25) is 0 Å². The van der Waals surface area contributed by atoms with E-state index in [0.717, 1.165) is 0 Å². The van der Waals surface area contributed by atoms with Gasteiger partial charge in [-0.25, -0.2) is 0 Å². The van der Waals surface area contributed by atoms with E-state index in [0.29, 0.717) is 11.5 Å². The third kappa shape index (κ3) is 3.44. The topological polar surface area (TPSA) is 15.3 Å². The lowest BCUT2D eigenvalue weighted by Gasteiger charge is -2.38. The first kappa shape index (κ1) is 12.3. The predicted octanol–water partition coefficient (Wildman–Crippen LogP) is 1.67. The summed E-state index contributed by atoms with van der Waals surface area (Å²) < 4.78 is 0. The van der Waals surface area contributed by atoms with E-state index < -0.39 is 0 Å². The molecule has 0 amide bonds. The molecule has 2 nitrogen and oxygen atoms in total. The fraction of sp³-hybridized carbons (Fsp3) is 1.00. The maximum atomic E-state index is 3.36. The number of thioether (sulfide) groups is 1. The van der Waals surface area contributed by atoms with Crippen LogP contribution in [0.25, 0.3) is 0 Å². The van der Waals surface area contributed by atoms with Crippen LogP contribution in [-0.2, 0) is 0 Å². The lowest BCUT2D eigenvalue weighted by atomic mass is 9.85. The van der Waals surface area contributed by atoms with Crippen molar-refractivity contribution in [1.82, 2.24) is 10.2 Å². The molecule has 0 saturated carbocycles. The van der Waals surface area contributed by atoms with Crippen LogP contribution in [0.4, 0.5) is 0 Å².